The second kappa shape index (κ2) is 3.45. The summed E-state index contributed by atoms with van der Waals surface area (Å²) in [5.41, 5.74) is 0.218. The number of rotatable bonds is 0. The molecule has 2 nitrogen and oxygen atoms in total. The van der Waals surface area contributed by atoms with Gasteiger partial charge in [-0.05, 0) is 25.3 Å². The van der Waals surface area contributed by atoms with Gasteiger partial charge in [-0.25, -0.2) is 4.39 Å². The lowest BCUT2D eigenvalue weighted by Crippen LogP contribution is -2.69. The molecule has 3 saturated heterocycles. The highest BCUT2D eigenvalue weighted by molar-refractivity contribution is 5.18. The molecule has 17 heavy (non-hydrogen) atoms. The molecule has 0 amide bonds. The quantitative estimate of drug-likeness (QED) is 0.641. The predicted molar refractivity (Wildman–Crippen MR) is 67.8 cm³/mol. The van der Waals surface area contributed by atoms with Crippen molar-refractivity contribution < 1.29 is 4.39 Å². The minimum absolute atomic E-state index is 0.0637. The lowest BCUT2D eigenvalue weighted by atomic mass is 9.66. The highest BCUT2D eigenvalue weighted by Crippen LogP contribution is 2.54. The van der Waals surface area contributed by atoms with Gasteiger partial charge in [0, 0.05) is 37.1 Å². The maximum absolute atomic E-state index is 14.0. The number of alkyl halides is 1. The summed E-state index contributed by atoms with van der Waals surface area (Å²) in [6.07, 6.45) is 2.66. The van der Waals surface area contributed by atoms with Gasteiger partial charge in [-0.3, -0.25) is 9.80 Å². The molecule has 3 rings (SSSR count). The zero-order valence-electron chi connectivity index (χ0n) is 11.5. The van der Waals surface area contributed by atoms with Crippen LogP contribution in [-0.4, -0.2) is 53.7 Å². The third-order valence-corrected chi connectivity index (χ3v) is 5.64. The van der Waals surface area contributed by atoms with Crippen LogP contribution in [0.15, 0.2) is 0 Å². The average Bonchev–Trinajstić information content (AvgIpc) is 2.65. The Bertz CT molecular complexity index is 325. The Balaban J connectivity index is 2.05. The van der Waals surface area contributed by atoms with E-state index in [9.17, 15) is 4.39 Å². The molecule has 0 aromatic heterocycles. The fourth-order valence-electron chi connectivity index (χ4n) is 4.86. The van der Waals surface area contributed by atoms with E-state index in [1.54, 1.807) is 0 Å². The van der Waals surface area contributed by atoms with Crippen LogP contribution in [0.3, 0.4) is 0 Å². The molecule has 0 aliphatic carbocycles. The Kier molecular flexibility index (Phi) is 2.41. The molecule has 3 aliphatic rings. The summed E-state index contributed by atoms with van der Waals surface area (Å²) in [7, 11) is 2.25. The van der Waals surface area contributed by atoms with Crippen molar-refractivity contribution in [3.8, 4) is 0 Å². The van der Waals surface area contributed by atoms with Crippen molar-refractivity contribution >= 4 is 0 Å². The first-order valence-corrected chi connectivity index (χ1v) is 6.97. The van der Waals surface area contributed by atoms with Crippen molar-refractivity contribution in [1.82, 2.24) is 9.80 Å². The summed E-state index contributed by atoms with van der Waals surface area (Å²) in [6, 6.07) is 1.22. The van der Waals surface area contributed by atoms with Crippen molar-refractivity contribution in [1.29, 1.82) is 0 Å². The Labute approximate surface area is 104 Å². The molecule has 0 radical (unpaired) electrons. The molecule has 0 aromatic carbocycles. The summed E-state index contributed by atoms with van der Waals surface area (Å²) in [5.74, 6) is 0. The molecule has 2 bridgehead atoms. The van der Waals surface area contributed by atoms with Crippen molar-refractivity contribution in [2.75, 3.05) is 20.1 Å². The second-order valence-corrected chi connectivity index (χ2v) is 7.29. The normalized spacial score (nSPS) is 47.5. The van der Waals surface area contributed by atoms with Crippen LogP contribution in [0.4, 0.5) is 4.39 Å². The van der Waals surface area contributed by atoms with E-state index in [2.05, 4.69) is 37.6 Å². The van der Waals surface area contributed by atoms with E-state index in [-0.39, 0.29) is 11.0 Å². The zero-order chi connectivity index (χ0) is 12.4. The molecule has 98 valence electrons. The lowest BCUT2D eigenvalue weighted by molar-refractivity contribution is -0.0787. The smallest absolute Gasteiger partial charge is 0.115 e. The van der Waals surface area contributed by atoms with E-state index in [4.69, 9.17) is 0 Å². The monoisotopic (exact) mass is 240 g/mol. The van der Waals surface area contributed by atoms with Crippen LogP contribution in [0.1, 0.15) is 40.0 Å². The van der Waals surface area contributed by atoms with Gasteiger partial charge in [0.25, 0.3) is 0 Å². The van der Waals surface area contributed by atoms with E-state index in [1.807, 2.05) is 0 Å². The van der Waals surface area contributed by atoms with Crippen LogP contribution in [-0.2, 0) is 0 Å². The fraction of sp³-hybridized carbons (Fsp3) is 1.00. The maximum atomic E-state index is 14.0. The van der Waals surface area contributed by atoms with Gasteiger partial charge in [0.15, 0.2) is 0 Å². The highest BCUT2D eigenvalue weighted by Gasteiger charge is 2.63. The van der Waals surface area contributed by atoms with Gasteiger partial charge in [-0.2, -0.15) is 0 Å². The van der Waals surface area contributed by atoms with E-state index in [1.165, 1.54) is 12.8 Å². The van der Waals surface area contributed by atoms with Crippen LogP contribution in [0, 0.1) is 5.41 Å². The van der Waals surface area contributed by atoms with Gasteiger partial charge in [-0.15, -0.1) is 0 Å². The van der Waals surface area contributed by atoms with Crippen molar-refractivity contribution in [3.05, 3.63) is 0 Å². The summed E-state index contributed by atoms with van der Waals surface area (Å²) in [5, 5.41) is 0. The first kappa shape index (κ1) is 11.9. The number of likely N-dealkylation sites (N-methyl/N-ethyl adjacent to an activating group) is 1. The van der Waals surface area contributed by atoms with Gasteiger partial charge in [0.05, 0.1) is 0 Å². The molecule has 3 fully saturated rings. The molecule has 0 aromatic rings. The van der Waals surface area contributed by atoms with Crippen LogP contribution in [0.25, 0.3) is 0 Å². The van der Waals surface area contributed by atoms with Gasteiger partial charge >= 0.3 is 0 Å². The Morgan fingerprint density at radius 2 is 1.88 bits per heavy atom. The number of fused-ring (bicyclic) bond motifs is 4. The van der Waals surface area contributed by atoms with Crippen LogP contribution >= 0.6 is 0 Å². The molecule has 4 unspecified atom stereocenters. The SMILES string of the molecule is CN1C2CCC1C1(C(C)(C)C)CC(F)CN1C2. The fourth-order valence-corrected chi connectivity index (χ4v) is 4.86. The van der Waals surface area contributed by atoms with Crippen molar-refractivity contribution in [3.63, 3.8) is 0 Å². The maximum Gasteiger partial charge on any atom is 0.115 e. The molecule has 0 spiro atoms. The van der Waals surface area contributed by atoms with Crippen LogP contribution in [0.2, 0.25) is 0 Å². The lowest BCUT2D eigenvalue weighted by Gasteiger charge is -2.57. The molecule has 3 heterocycles. The summed E-state index contributed by atoms with van der Waals surface area (Å²) in [4.78, 5) is 5.03. The Morgan fingerprint density at radius 1 is 1.18 bits per heavy atom. The van der Waals surface area contributed by atoms with E-state index in [0.29, 0.717) is 18.6 Å². The molecule has 0 saturated carbocycles. The van der Waals surface area contributed by atoms with Crippen LogP contribution < -0.4 is 0 Å². The second-order valence-electron chi connectivity index (χ2n) is 7.29. The predicted octanol–water partition coefficient (Wildman–Crippen LogP) is 2.29. The van der Waals surface area contributed by atoms with Gasteiger partial charge < -0.3 is 0 Å². The summed E-state index contributed by atoms with van der Waals surface area (Å²) < 4.78 is 14.0. The van der Waals surface area contributed by atoms with Crippen molar-refractivity contribution in [2.24, 2.45) is 5.41 Å². The third-order valence-electron chi connectivity index (χ3n) is 5.64. The summed E-state index contributed by atoms with van der Waals surface area (Å²) >= 11 is 0. The number of piperazine rings is 1. The largest absolute Gasteiger partial charge is 0.297 e. The number of hydrogen-bond donors (Lipinski definition) is 0. The van der Waals surface area contributed by atoms with E-state index in [0.717, 1.165) is 13.0 Å². The van der Waals surface area contributed by atoms with Gasteiger partial charge in [-0.1, -0.05) is 20.8 Å². The summed E-state index contributed by atoms with van der Waals surface area (Å²) in [6.45, 7) is 8.63. The van der Waals surface area contributed by atoms with Crippen molar-refractivity contribution in [2.45, 2.75) is 63.8 Å². The van der Waals surface area contributed by atoms with E-state index >= 15 is 0 Å². The number of halogens is 1. The Hall–Kier alpha value is -0.150. The molecule has 3 heteroatoms. The van der Waals surface area contributed by atoms with Gasteiger partial charge in [0.2, 0.25) is 0 Å². The first-order chi connectivity index (χ1) is 7.86. The third kappa shape index (κ3) is 1.39. The molecular formula is C14H25FN2. The standard InChI is InChI=1S/C14H25FN2/c1-13(2,3)14-7-10(15)8-17(14)9-11-5-6-12(14)16(11)4/h10-12H,5-9H2,1-4H3. The molecule has 0 N–H and O–H groups in total. The van der Waals surface area contributed by atoms with Crippen LogP contribution in [0.5, 0.6) is 0 Å². The van der Waals surface area contributed by atoms with E-state index < -0.39 is 6.17 Å². The number of nitrogens with zero attached hydrogens (tertiary/aromatic N) is 2. The highest BCUT2D eigenvalue weighted by atomic mass is 19.1. The Morgan fingerprint density at radius 3 is 2.53 bits per heavy atom. The topological polar surface area (TPSA) is 6.48 Å². The minimum Gasteiger partial charge on any atom is -0.297 e. The molecular weight excluding hydrogens is 215 g/mol. The average molecular weight is 240 g/mol. The molecule has 4 atom stereocenters. The minimum atomic E-state index is -0.623. The molecule has 3 aliphatic heterocycles. The van der Waals surface area contributed by atoms with Gasteiger partial charge in [0.1, 0.15) is 6.17 Å². The first-order valence-electron chi connectivity index (χ1n) is 6.97. The number of hydrogen-bond acceptors (Lipinski definition) is 2. The zero-order valence-corrected chi connectivity index (χ0v) is 11.5.